The molecule has 1 aromatic carbocycles. The first-order valence-corrected chi connectivity index (χ1v) is 8.85. The molecule has 0 saturated heterocycles. The van der Waals surface area contributed by atoms with Crippen molar-refractivity contribution in [1.82, 2.24) is 15.1 Å². The predicted octanol–water partition coefficient (Wildman–Crippen LogP) is 0.605. The first-order chi connectivity index (χ1) is 12.0. The van der Waals surface area contributed by atoms with Crippen LogP contribution < -0.4 is 15.8 Å². The minimum atomic E-state index is -0.303. The van der Waals surface area contributed by atoms with Crippen LogP contribution in [-0.4, -0.2) is 41.9 Å². The van der Waals surface area contributed by atoms with E-state index in [1.807, 2.05) is 12.1 Å². The average Bonchev–Trinajstić information content (AvgIpc) is 2.61. The van der Waals surface area contributed by atoms with Crippen LogP contribution in [0.4, 0.5) is 0 Å². The van der Waals surface area contributed by atoms with E-state index in [2.05, 4.69) is 24.3 Å². The van der Waals surface area contributed by atoms with Gasteiger partial charge in [0, 0.05) is 16.7 Å². The molecule has 1 heterocycles. The number of carbonyl (C=O) groups is 1. The average molecular weight is 364 g/mol. The van der Waals surface area contributed by atoms with E-state index in [4.69, 9.17) is 11.6 Å². The van der Waals surface area contributed by atoms with Gasteiger partial charge in [0.05, 0.1) is 31.9 Å². The van der Waals surface area contributed by atoms with Gasteiger partial charge in [0.25, 0.3) is 5.56 Å². The summed E-state index contributed by atoms with van der Waals surface area (Å²) in [5.74, 6) is -0.214. The van der Waals surface area contributed by atoms with E-state index in [1.165, 1.54) is 15.6 Å². The van der Waals surface area contributed by atoms with Crippen LogP contribution in [0.25, 0.3) is 11.3 Å². The van der Waals surface area contributed by atoms with Crippen LogP contribution in [0.15, 0.2) is 41.2 Å². The van der Waals surface area contributed by atoms with Gasteiger partial charge in [-0.25, -0.2) is 4.68 Å². The van der Waals surface area contributed by atoms with Gasteiger partial charge < -0.3 is 10.2 Å². The number of quaternary nitrogens is 1. The van der Waals surface area contributed by atoms with Crippen molar-refractivity contribution in [3.8, 4) is 11.3 Å². The Morgan fingerprint density at radius 3 is 2.48 bits per heavy atom. The molecule has 0 spiro atoms. The van der Waals surface area contributed by atoms with Gasteiger partial charge in [0.15, 0.2) is 0 Å². The minimum absolute atomic E-state index is 0.0894. The first-order valence-electron chi connectivity index (χ1n) is 8.47. The molecule has 0 unspecified atom stereocenters. The van der Waals surface area contributed by atoms with Crippen molar-refractivity contribution in [2.75, 3.05) is 26.2 Å². The molecule has 0 atom stereocenters. The van der Waals surface area contributed by atoms with Crippen LogP contribution in [0.3, 0.4) is 0 Å². The van der Waals surface area contributed by atoms with Gasteiger partial charge in [-0.1, -0.05) is 23.7 Å². The Bertz CT molecular complexity index is 754. The molecule has 0 bridgehead atoms. The quantitative estimate of drug-likeness (QED) is 0.722. The summed E-state index contributed by atoms with van der Waals surface area (Å²) in [4.78, 5) is 25.5. The van der Waals surface area contributed by atoms with Crippen molar-refractivity contribution in [3.63, 3.8) is 0 Å². The second-order valence-corrected chi connectivity index (χ2v) is 6.21. The highest BCUT2D eigenvalue weighted by Gasteiger charge is 2.09. The lowest BCUT2D eigenvalue weighted by Gasteiger charge is -2.15. The van der Waals surface area contributed by atoms with Gasteiger partial charge >= 0.3 is 0 Å². The molecule has 1 amide bonds. The van der Waals surface area contributed by atoms with Crippen molar-refractivity contribution >= 4 is 17.5 Å². The maximum Gasteiger partial charge on any atom is 0.267 e. The zero-order chi connectivity index (χ0) is 18.2. The number of benzene rings is 1. The summed E-state index contributed by atoms with van der Waals surface area (Å²) in [6.07, 6.45) is 0. The molecule has 7 heteroatoms. The van der Waals surface area contributed by atoms with Crippen LogP contribution >= 0.6 is 11.6 Å². The van der Waals surface area contributed by atoms with E-state index in [0.717, 1.165) is 25.2 Å². The fraction of sp³-hybridized carbons (Fsp3) is 0.389. The molecule has 6 nitrogen and oxygen atoms in total. The molecule has 2 aromatic rings. The molecule has 1 aromatic heterocycles. The summed E-state index contributed by atoms with van der Waals surface area (Å²) in [7, 11) is 0. The Kier molecular flexibility index (Phi) is 7.16. The van der Waals surface area contributed by atoms with Crippen LogP contribution in [0.1, 0.15) is 13.8 Å². The third kappa shape index (κ3) is 5.69. The Morgan fingerprint density at radius 2 is 1.84 bits per heavy atom. The predicted molar refractivity (Wildman–Crippen MR) is 98.9 cm³/mol. The Balaban J connectivity index is 2.01. The lowest BCUT2D eigenvalue weighted by molar-refractivity contribution is -0.895. The van der Waals surface area contributed by atoms with Gasteiger partial charge in [0.1, 0.15) is 6.54 Å². The normalized spacial score (nSPS) is 10.9. The minimum Gasteiger partial charge on any atom is -0.349 e. The number of nitrogens with one attached hydrogen (secondary N) is 2. The molecular weight excluding hydrogens is 340 g/mol. The number of carbonyl (C=O) groups excluding carboxylic acids is 1. The summed E-state index contributed by atoms with van der Waals surface area (Å²) in [6, 6.07) is 10.2. The van der Waals surface area contributed by atoms with Gasteiger partial charge in [-0.15, -0.1) is 0 Å². The van der Waals surface area contributed by atoms with Gasteiger partial charge in [-0.3, -0.25) is 9.59 Å². The summed E-state index contributed by atoms with van der Waals surface area (Å²) in [6.45, 7) is 7.65. The molecule has 2 N–H and O–H groups in total. The number of hydrogen-bond donors (Lipinski definition) is 2. The van der Waals surface area contributed by atoms with Crippen molar-refractivity contribution in [2.45, 2.75) is 20.4 Å². The summed E-state index contributed by atoms with van der Waals surface area (Å²) in [5.41, 5.74) is 1.16. The largest absolute Gasteiger partial charge is 0.349 e. The Morgan fingerprint density at radius 1 is 1.16 bits per heavy atom. The number of halogens is 1. The molecule has 0 saturated carbocycles. The fourth-order valence-electron chi connectivity index (χ4n) is 2.51. The SMILES string of the molecule is CC[NH+](CC)CCNC(=O)Cn1nc(-c2ccc(Cl)cc2)ccc1=O. The Labute approximate surface area is 152 Å². The van der Waals surface area contributed by atoms with E-state index in [0.29, 0.717) is 17.3 Å². The zero-order valence-electron chi connectivity index (χ0n) is 14.6. The third-order valence-corrected chi connectivity index (χ3v) is 4.35. The molecule has 134 valence electrons. The first kappa shape index (κ1) is 19.1. The molecule has 0 radical (unpaired) electrons. The molecule has 0 aliphatic heterocycles. The third-order valence-electron chi connectivity index (χ3n) is 4.10. The lowest BCUT2D eigenvalue weighted by Crippen LogP contribution is -3.12. The second kappa shape index (κ2) is 9.34. The lowest BCUT2D eigenvalue weighted by atomic mass is 10.1. The van der Waals surface area contributed by atoms with Crippen molar-refractivity contribution < 1.29 is 9.69 Å². The number of likely N-dealkylation sites (N-methyl/N-ethyl adjacent to an activating group) is 1. The van der Waals surface area contributed by atoms with E-state index in [1.54, 1.807) is 18.2 Å². The van der Waals surface area contributed by atoms with Crippen LogP contribution in [0, 0.1) is 0 Å². The van der Waals surface area contributed by atoms with Crippen LogP contribution in [-0.2, 0) is 11.3 Å². The standard InChI is InChI=1S/C18H23ClN4O2/c1-3-22(4-2)12-11-20-17(24)13-23-18(25)10-9-16(21-23)14-5-7-15(19)8-6-14/h5-10H,3-4,11-13H2,1-2H3,(H,20,24)/p+1. The molecule has 25 heavy (non-hydrogen) atoms. The maximum atomic E-state index is 12.1. The molecular formula is C18H24ClN4O2+. The van der Waals surface area contributed by atoms with Gasteiger partial charge in [0.2, 0.25) is 5.91 Å². The summed E-state index contributed by atoms with van der Waals surface area (Å²) in [5, 5.41) is 7.76. The Hall–Kier alpha value is -2.18. The van der Waals surface area contributed by atoms with Gasteiger partial charge in [-0.2, -0.15) is 5.10 Å². The van der Waals surface area contributed by atoms with Gasteiger partial charge in [-0.05, 0) is 32.0 Å². The van der Waals surface area contributed by atoms with Crippen molar-refractivity contribution in [2.24, 2.45) is 0 Å². The number of aromatic nitrogens is 2. The molecule has 2 rings (SSSR count). The van der Waals surface area contributed by atoms with E-state index in [-0.39, 0.29) is 18.0 Å². The molecule has 0 aliphatic rings. The summed E-state index contributed by atoms with van der Waals surface area (Å²) < 4.78 is 1.18. The highest BCUT2D eigenvalue weighted by molar-refractivity contribution is 6.30. The second-order valence-electron chi connectivity index (χ2n) is 5.78. The highest BCUT2D eigenvalue weighted by Crippen LogP contribution is 2.18. The topological polar surface area (TPSA) is 68.4 Å². The highest BCUT2D eigenvalue weighted by atomic mass is 35.5. The molecule has 0 aliphatic carbocycles. The van der Waals surface area contributed by atoms with E-state index in [9.17, 15) is 9.59 Å². The van der Waals surface area contributed by atoms with Crippen LogP contribution in [0.2, 0.25) is 5.02 Å². The summed E-state index contributed by atoms with van der Waals surface area (Å²) >= 11 is 5.89. The van der Waals surface area contributed by atoms with Crippen LogP contribution in [0.5, 0.6) is 0 Å². The number of amides is 1. The smallest absolute Gasteiger partial charge is 0.267 e. The number of nitrogens with zero attached hydrogens (tertiary/aromatic N) is 2. The fourth-order valence-corrected chi connectivity index (χ4v) is 2.64. The maximum absolute atomic E-state index is 12.1. The number of hydrogen-bond acceptors (Lipinski definition) is 3. The molecule has 0 fully saturated rings. The van der Waals surface area contributed by atoms with E-state index >= 15 is 0 Å². The van der Waals surface area contributed by atoms with E-state index < -0.39 is 0 Å². The van der Waals surface area contributed by atoms with Crippen molar-refractivity contribution in [1.29, 1.82) is 0 Å². The van der Waals surface area contributed by atoms with Crippen molar-refractivity contribution in [3.05, 3.63) is 51.8 Å². The monoisotopic (exact) mass is 363 g/mol. The zero-order valence-corrected chi connectivity index (χ0v) is 15.3. The number of rotatable bonds is 8.